The molecule has 0 aliphatic rings. The topological polar surface area (TPSA) is 168 Å². The Morgan fingerprint density at radius 1 is 1.29 bits per heavy atom. The van der Waals surface area contributed by atoms with Crippen LogP contribution in [-0.4, -0.2) is 88.9 Å². The summed E-state index contributed by atoms with van der Waals surface area (Å²) in [5.41, 5.74) is 0. The van der Waals surface area contributed by atoms with Crippen molar-refractivity contribution in [3.63, 3.8) is 0 Å². The Kier molecular flexibility index (Phi) is 11.0. The minimum Gasteiger partial charge on any atom is -0.756 e. The highest BCUT2D eigenvalue weighted by Gasteiger charge is 2.17. The van der Waals surface area contributed by atoms with E-state index in [1.165, 1.54) is 0 Å². The van der Waals surface area contributed by atoms with Gasteiger partial charge in [-0.3, -0.25) is 9.36 Å². The number of aliphatic carboxylic acids is 1. The van der Waals surface area contributed by atoms with Crippen LogP contribution in [0.1, 0.15) is 6.42 Å². The summed E-state index contributed by atoms with van der Waals surface area (Å²) in [6.45, 7) is -0.862. The van der Waals surface area contributed by atoms with Crippen molar-refractivity contribution in [1.82, 2.24) is 0 Å². The van der Waals surface area contributed by atoms with E-state index in [2.05, 4.69) is 4.52 Å². The van der Waals surface area contributed by atoms with Crippen LogP contribution in [0.15, 0.2) is 0 Å². The number of rotatable bonds is 8. The van der Waals surface area contributed by atoms with Crippen LogP contribution in [-0.2, 0) is 13.9 Å². The van der Waals surface area contributed by atoms with E-state index in [9.17, 15) is 14.3 Å². The molecule has 0 radical (unpaired) electrons. The molecule has 0 spiro atoms. The van der Waals surface area contributed by atoms with Gasteiger partial charge >= 0.3 is 5.97 Å². The van der Waals surface area contributed by atoms with Gasteiger partial charge in [0, 0.05) is 0 Å². The zero-order valence-corrected chi connectivity index (χ0v) is 13.1. The third-order valence-electron chi connectivity index (χ3n) is 1.86. The summed E-state index contributed by atoms with van der Waals surface area (Å²) in [5, 5.41) is 33.9. The summed E-state index contributed by atoms with van der Waals surface area (Å²) in [5.74, 6) is -0.953. The smallest absolute Gasteiger partial charge is 0.306 e. The van der Waals surface area contributed by atoms with Gasteiger partial charge in [-0.25, -0.2) is 0 Å². The summed E-state index contributed by atoms with van der Waals surface area (Å²) in [4.78, 5) is 28.0. The van der Waals surface area contributed by atoms with Crippen molar-refractivity contribution in [2.75, 3.05) is 40.9 Å². The largest absolute Gasteiger partial charge is 0.756 e. The van der Waals surface area contributed by atoms with Gasteiger partial charge in [0.1, 0.15) is 18.8 Å². The standard InChI is InChI=1S/C7H15NO3.C3H9O6P/c1-8(2,3)5-6(9)4-7(10)11;4-1-3(2-5)9-10(6,7)8/h6,9H,4-5H2,1-3H3;3-5H,1-2H2,(H2,6,7,8)/t6-;/m1./s1. The van der Waals surface area contributed by atoms with E-state index in [1.54, 1.807) is 0 Å². The molecule has 0 fully saturated rings. The number of aliphatic hydroxyl groups excluding tert-OH is 3. The molecule has 0 heterocycles. The number of nitrogens with zero attached hydrogens (tertiary/aromatic N) is 1. The van der Waals surface area contributed by atoms with Crippen LogP contribution < -0.4 is 4.89 Å². The Bertz CT molecular complexity index is 334. The summed E-state index contributed by atoms with van der Waals surface area (Å²) < 4.78 is 14.3. The number of aliphatic hydroxyl groups is 3. The van der Waals surface area contributed by atoms with Gasteiger partial charge in [-0.1, -0.05) is 0 Å². The zero-order chi connectivity index (χ0) is 17.3. The van der Waals surface area contributed by atoms with Gasteiger partial charge in [0.15, 0.2) is 0 Å². The third-order valence-corrected chi connectivity index (χ3v) is 2.42. The van der Waals surface area contributed by atoms with Gasteiger partial charge in [-0.2, -0.15) is 0 Å². The molecule has 0 saturated carbocycles. The molecule has 11 heteroatoms. The fourth-order valence-corrected chi connectivity index (χ4v) is 1.72. The first kappa shape index (κ1) is 22.7. The van der Waals surface area contributed by atoms with Crippen molar-refractivity contribution in [3.05, 3.63) is 0 Å². The fraction of sp³-hybridized carbons (Fsp3) is 0.900. The third kappa shape index (κ3) is 19.4. The predicted molar refractivity (Wildman–Crippen MR) is 70.0 cm³/mol. The fourth-order valence-electron chi connectivity index (χ4n) is 1.21. The minimum atomic E-state index is -4.82. The van der Waals surface area contributed by atoms with Gasteiger partial charge in [-0.05, 0) is 0 Å². The van der Waals surface area contributed by atoms with E-state index in [-0.39, 0.29) is 6.42 Å². The normalized spacial score (nSPS) is 15.9. The van der Waals surface area contributed by atoms with E-state index in [0.717, 1.165) is 0 Å². The Balaban J connectivity index is 0. The lowest BCUT2D eigenvalue weighted by Gasteiger charge is -2.25. The number of carboxylic acids is 1. The minimum absolute atomic E-state index is 0.171. The maximum absolute atomic E-state index is 10.1. The van der Waals surface area contributed by atoms with Crippen molar-refractivity contribution in [3.8, 4) is 0 Å². The number of carboxylic acid groups (broad SMARTS) is 1. The van der Waals surface area contributed by atoms with E-state index >= 15 is 0 Å². The number of quaternary nitrogens is 1. The first-order chi connectivity index (χ1) is 9.30. The van der Waals surface area contributed by atoms with Gasteiger partial charge in [-0.15, -0.1) is 0 Å². The average molecular weight is 333 g/mol. The van der Waals surface area contributed by atoms with Crippen molar-refractivity contribution in [2.45, 2.75) is 18.6 Å². The maximum atomic E-state index is 10.1. The molecule has 21 heavy (non-hydrogen) atoms. The SMILES string of the molecule is C[N+](C)(C)C[C@H](O)CC(=O)O.O=P([O-])(O)OC(CO)CO. The summed E-state index contributed by atoms with van der Waals surface area (Å²) in [6.07, 6.45) is -2.18. The van der Waals surface area contributed by atoms with E-state index in [0.29, 0.717) is 11.0 Å². The second-order valence-electron chi connectivity index (χ2n) is 5.29. The van der Waals surface area contributed by atoms with E-state index < -0.39 is 39.2 Å². The van der Waals surface area contributed by atoms with Crippen molar-refractivity contribution < 1.29 is 48.6 Å². The van der Waals surface area contributed by atoms with Gasteiger partial charge in [0.25, 0.3) is 7.82 Å². The van der Waals surface area contributed by atoms with Crippen LogP contribution >= 0.6 is 7.82 Å². The second-order valence-corrected chi connectivity index (χ2v) is 6.43. The van der Waals surface area contributed by atoms with Crippen LogP contribution in [0.25, 0.3) is 0 Å². The molecule has 10 nitrogen and oxygen atoms in total. The molecule has 1 unspecified atom stereocenters. The molecule has 0 rings (SSSR count). The molecule has 2 atom stereocenters. The summed E-state index contributed by atoms with van der Waals surface area (Å²) >= 11 is 0. The van der Waals surface area contributed by atoms with Crippen LogP contribution in [0, 0.1) is 0 Å². The zero-order valence-electron chi connectivity index (χ0n) is 12.2. The molecule has 0 aliphatic carbocycles. The Labute approximate surface area is 123 Å². The highest BCUT2D eigenvalue weighted by Crippen LogP contribution is 2.31. The number of carbonyl (C=O) groups is 1. The molecule has 0 aromatic carbocycles. The lowest BCUT2D eigenvalue weighted by Crippen LogP contribution is -2.42. The van der Waals surface area contributed by atoms with Crippen molar-refractivity contribution in [2.24, 2.45) is 0 Å². The molecule has 5 N–H and O–H groups in total. The van der Waals surface area contributed by atoms with Crippen LogP contribution in [0.3, 0.4) is 0 Å². The summed E-state index contributed by atoms with van der Waals surface area (Å²) in [6, 6.07) is 0. The Morgan fingerprint density at radius 2 is 1.71 bits per heavy atom. The quantitative estimate of drug-likeness (QED) is 0.235. The first-order valence-corrected chi connectivity index (χ1v) is 7.44. The number of phosphoric acid groups is 1. The monoisotopic (exact) mass is 333 g/mol. The average Bonchev–Trinajstić information content (AvgIpc) is 2.21. The molecular formula is C10H24NO9P. The molecule has 0 aromatic rings. The van der Waals surface area contributed by atoms with E-state index in [4.69, 9.17) is 25.3 Å². The lowest BCUT2D eigenvalue weighted by atomic mass is 10.2. The lowest BCUT2D eigenvalue weighted by molar-refractivity contribution is -0.873. The predicted octanol–water partition coefficient (Wildman–Crippen LogP) is -2.65. The maximum Gasteiger partial charge on any atom is 0.306 e. The van der Waals surface area contributed by atoms with Crippen molar-refractivity contribution in [1.29, 1.82) is 0 Å². The number of hydrogen-bond acceptors (Lipinski definition) is 7. The highest BCUT2D eigenvalue weighted by atomic mass is 31.2. The Morgan fingerprint density at radius 3 is 1.90 bits per heavy atom. The van der Waals surface area contributed by atoms with Crippen LogP contribution in [0.4, 0.5) is 0 Å². The number of phosphoric ester groups is 1. The molecule has 0 aliphatic heterocycles. The molecule has 128 valence electrons. The molecule has 0 aromatic heterocycles. The van der Waals surface area contributed by atoms with Crippen LogP contribution in [0.2, 0.25) is 0 Å². The first-order valence-electron chi connectivity index (χ1n) is 5.95. The number of hydrogen-bond donors (Lipinski definition) is 5. The molecular weight excluding hydrogens is 309 g/mol. The highest BCUT2D eigenvalue weighted by molar-refractivity contribution is 7.44. The van der Waals surface area contributed by atoms with E-state index in [1.807, 2.05) is 21.1 Å². The summed E-state index contributed by atoms with van der Waals surface area (Å²) in [7, 11) is 0.899. The van der Waals surface area contributed by atoms with Crippen molar-refractivity contribution >= 4 is 13.8 Å². The second kappa shape index (κ2) is 10.2. The van der Waals surface area contributed by atoms with Gasteiger partial charge < -0.3 is 39.2 Å². The van der Waals surface area contributed by atoms with Crippen LogP contribution in [0.5, 0.6) is 0 Å². The molecule has 0 bridgehead atoms. The molecule has 0 saturated heterocycles. The van der Waals surface area contributed by atoms with Gasteiger partial charge in [0.05, 0.1) is 40.8 Å². The van der Waals surface area contributed by atoms with Gasteiger partial charge in [0.2, 0.25) is 0 Å². The molecule has 0 amide bonds. The number of likely N-dealkylation sites (N-methyl/N-ethyl adjacent to an activating group) is 1. The Hall–Kier alpha value is -0.580.